The lowest BCUT2D eigenvalue weighted by Crippen LogP contribution is -2.42. The fourth-order valence-electron chi connectivity index (χ4n) is 3.14. The van der Waals surface area contributed by atoms with Crippen molar-refractivity contribution >= 4 is 21.7 Å². The maximum atomic E-state index is 12.6. The molecule has 2 aromatic rings. The van der Waals surface area contributed by atoms with Crippen molar-refractivity contribution in [3.63, 3.8) is 0 Å². The predicted octanol–water partition coefficient (Wildman–Crippen LogP) is 4.63. The van der Waals surface area contributed by atoms with Crippen LogP contribution in [0.15, 0.2) is 41.0 Å². The zero-order valence-corrected chi connectivity index (χ0v) is 16.5. The van der Waals surface area contributed by atoms with Crippen LogP contribution in [0, 0.1) is 0 Å². The number of pyridine rings is 1. The largest absolute Gasteiger partial charge is 0.496 e. The van der Waals surface area contributed by atoms with Gasteiger partial charge in [-0.2, -0.15) is 13.2 Å². The molecule has 0 unspecified atom stereocenters. The molecule has 1 aliphatic heterocycles. The number of piperidine rings is 1. The minimum atomic E-state index is -4.35. The Hall–Kier alpha value is -1.80. The number of alkyl halides is 3. The van der Waals surface area contributed by atoms with Crippen molar-refractivity contribution in [3.8, 4) is 5.75 Å². The SMILES string of the molecule is COc1ccc(CNC2CCN(c3ccc(C(F)(F)F)cn3)CC2)cc1Br. The second-order valence-corrected chi connectivity index (χ2v) is 7.37. The van der Waals surface area contributed by atoms with E-state index in [4.69, 9.17) is 4.74 Å². The molecule has 1 fully saturated rings. The fraction of sp³-hybridized carbons (Fsp3) is 0.421. The Morgan fingerprint density at radius 3 is 2.52 bits per heavy atom. The summed E-state index contributed by atoms with van der Waals surface area (Å²) in [5.41, 5.74) is 0.447. The number of rotatable bonds is 5. The molecule has 0 atom stereocenters. The van der Waals surface area contributed by atoms with Crippen LogP contribution in [-0.4, -0.2) is 31.2 Å². The summed E-state index contributed by atoms with van der Waals surface area (Å²) < 4.78 is 44.1. The highest BCUT2D eigenvalue weighted by molar-refractivity contribution is 9.10. The number of methoxy groups -OCH3 is 1. The summed E-state index contributed by atoms with van der Waals surface area (Å²) >= 11 is 3.49. The van der Waals surface area contributed by atoms with Crippen LogP contribution in [0.3, 0.4) is 0 Å². The summed E-state index contributed by atoms with van der Waals surface area (Å²) in [5, 5.41) is 3.55. The predicted molar refractivity (Wildman–Crippen MR) is 102 cm³/mol. The summed E-state index contributed by atoms with van der Waals surface area (Å²) in [6.45, 7) is 2.29. The number of nitrogens with one attached hydrogen (secondary N) is 1. The van der Waals surface area contributed by atoms with Gasteiger partial charge < -0.3 is 15.0 Å². The van der Waals surface area contributed by atoms with Crippen molar-refractivity contribution in [3.05, 3.63) is 52.1 Å². The van der Waals surface area contributed by atoms with E-state index in [0.29, 0.717) is 11.9 Å². The number of hydrogen-bond acceptors (Lipinski definition) is 4. The molecule has 4 nitrogen and oxygen atoms in total. The average molecular weight is 444 g/mol. The van der Waals surface area contributed by atoms with Gasteiger partial charge in [-0.05, 0) is 58.6 Å². The molecule has 1 N–H and O–H groups in total. The van der Waals surface area contributed by atoms with Crippen LogP contribution in [0.2, 0.25) is 0 Å². The fourth-order valence-corrected chi connectivity index (χ4v) is 3.72. The van der Waals surface area contributed by atoms with Crippen molar-refractivity contribution in [2.75, 3.05) is 25.1 Å². The number of hydrogen-bond donors (Lipinski definition) is 1. The highest BCUT2D eigenvalue weighted by Crippen LogP contribution is 2.30. The molecule has 1 aromatic carbocycles. The molecular formula is C19H21BrF3N3O. The van der Waals surface area contributed by atoms with E-state index in [2.05, 4.69) is 26.2 Å². The number of benzene rings is 1. The van der Waals surface area contributed by atoms with Crippen molar-refractivity contribution in [2.24, 2.45) is 0 Å². The van der Waals surface area contributed by atoms with Crippen LogP contribution < -0.4 is 15.0 Å². The van der Waals surface area contributed by atoms with E-state index in [9.17, 15) is 13.2 Å². The molecule has 0 amide bonds. The molecule has 3 rings (SSSR count). The molecule has 146 valence electrons. The normalized spacial score (nSPS) is 15.8. The van der Waals surface area contributed by atoms with Gasteiger partial charge in [-0.3, -0.25) is 0 Å². The van der Waals surface area contributed by atoms with Crippen LogP contribution in [0.25, 0.3) is 0 Å². The van der Waals surface area contributed by atoms with Crippen LogP contribution in [0.1, 0.15) is 24.0 Å². The summed E-state index contributed by atoms with van der Waals surface area (Å²) in [7, 11) is 1.64. The van der Waals surface area contributed by atoms with Crippen molar-refractivity contribution in [2.45, 2.75) is 31.6 Å². The quantitative estimate of drug-likeness (QED) is 0.730. The Morgan fingerprint density at radius 1 is 1.22 bits per heavy atom. The van der Waals surface area contributed by atoms with Gasteiger partial charge >= 0.3 is 6.18 Å². The summed E-state index contributed by atoms with van der Waals surface area (Å²) in [6, 6.07) is 8.90. The molecular weight excluding hydrogens is 423 g/mol. The molecule has 0 saturated carbocycles. The van der Waals surface area contributed by atoms with Gasteiger partial charge in [-0.25, -0.2) is 4.98 Å². The molecule has 0 aliphatic carbocycles. The van der Waals surface area contributed by atoms with Crippen LogP contribution in [-0.2, 0) is 12.7 Å². The van der Waals surface area contributed by atoms with E-state index in [1.54, 1.807) is 7.11 Å². The first kappa shape index (κ1) is 19.9. The first-order valence-electron chi connectivity index (χ1n) is 8.71. The molecule has 2 heterocycles. The van der Waals surface area contributed by atoms with Gasteiger partial charge in [0.2, 0.25) is 0 Å². The molecule has 0 bridgehead atoms. The Bertz CT molecular complexity index is 760. The van der Waals surface area contributed by atoms with Gasteiger partial charge in [-0.1, -0.05) is 6.07 Å². The highest BCUT2D eigenvalue weighted by atomic mass is 79.9. The monoisotopic (exact) mass is 443 g/mol. The van der Waals surface area contributed by atoms with E-state index in [1.807, 2.05) is 23.1 Å². The third kappa shape index (κ3) is 5.13. The first-order valence-corrected chi connectivity index (χ1v) is 9.50. The Labute approximate surface area is 164 Å². The number of ether oxygens (including phenoxy) is 1. The van der Waals surface area contributed by atoms with Crippen LogP contribution >= 0.6 is 15.9 Å². The lowest BCUT2D eigenvalue weighted by atomic mass is 10.0. The zero-order chi connectivity index (χ0) is 19.4. The van der Waals surface area contributed by atoms with Crippen molar-refractivity contribution in [1.29, 1.82) is 0 Å². The zero-order valence-electron chi connectivity index (χ0n) is 14.9. The van der Waals surface area contributed by atoms with E-state index >= 15 is 0 Å². The smallest absolute Gasteiger partial charge is 0.417 e. The molecule has 1 aromatic heterocycles. The van der Waals surface area contributed by atoms with Crippen molar-refractivity contribution < 1.29 is 17.9 Å². The highest BCUT2D eigenvalue weighted by Gasteiger charge is 2.31. The minimum absolute atomic E-state index is 0.372. The van der Waals surface area contributed by atoms with Gasteiger partial charge in [0.05, 0.1) is 17.1 Å². The third-order valence-corrected chi connectivity index (χ3v) is 5.32. The molecule has 1 aliphatic rings. The Balaban J connectivity index is 1.49. The van der Waals surface area contributed by atoms with Gasteiger partial charge in [0.15, 0.2) is 0 Å². The van der Waals surface area contributed by atoms with E-state index in [1.165, 1.54) is 6.07 Å². The molecule has 1 saturated heterocycles. The second-order valence-electron chi connectivity index (χ2n) is 6.51. The third-order valence-electron chi connectivity index (χ3n) is 4.71. The standard InChI is InChI=1S/C19H21BrF3N3O/c1-27-17-4-2-13(10-16(17)20)11-24-15-6-8-26(9-7-15)18-5-3-14(12-25-18)19(21,22)23/h2-5,10,12,15,24H,6-9,11H2,1H3. The average Bonchev–Trinajstić information content (AvgIpc) is 2.66. The van der Waals surface area contributed by atoms with Gasteiger partial charge in [0, 0.05) is 31.9 Å². The molecule has 8 heteroatoms. The number of nitrogens with zero attached hydrogens (tertiary/aromatic N) is 2. The Kier molecular flexibility index (Phi) is 6.26. The summed E-state index contributed by atoms with van der Waals surface area (Å²) in [4.78, 5) is 6.01. The number of halogens is 4. The first-order chi connectivity index (χ1) is 12.9. The lowest BCUT2D eigenvalue weighted by molar-refractivity contribution is -0.137. The second kappa shape index (κ2) is 8.48. The number of aromatic nitrogens is 1. The molecule has 0 radical (unpaired) electrons. The molecule has 27 heavy (non-hydrogen) atoms. The summed E-state index contributed by atoms with van der Waals surface area (Å²) in [5.74, 6) is 1.40. The van der Waals surface area contributed by atoms with Crippen LogP contribution in [0.5, 0.6) is 5.75 Å². The van der Waals surface area contributed by atoms with Gasteiger partial charge in [-0.15, -0.1) is 0 Å². The van der Waals surface area contributed by atoms with Gasteiger partial charge in [0.25, 0.3) is 0 Å². The maximum Gasteiger partial charge on any atom is 0.417 e. The van der Waals surface area contributed by atoms with E-state index in [-0.39, 0.29) is 0 Å². The van der Waals surface area contributed by atoms with Crippen LogP contribution in [0.4, 0.5) is 19.0 Å². The minimum Gasteiger partial charge on any atom is -0.496 e. The van der Waals surface area contributed by atoms with E-state index < -0.39 is 11.7 Å². The van der Waals surface area contributed by atoms with Gasteiger partial charge in [0.1, 0.15) is 11.6 Å². The van der Waals surface area contributed by atoms with E-state index in [0.717, 1.165) is 60.5 Å². The molecule has 0 spiro atoms. The maximum absolute atomic E-state index is 12.6. The Morgan fingerprint density at radius 2 is 1.96 bits per heavy atom. The topological polar surface area (TPSA) is 37.4 Å². The van der Waals surface area contributed by atoms with Crippen molar-refractivity contribution in [1.82, 2.24) is 10.3 Å². The number of anilines is 1. The lowest BCUT2D eigenvalue weighted by Gasteiger charge is -2.33. The summed E-state index contributed by atoms with van der Waals surface area (Å²) in [6.07, 6.45) is -1.61.